The van der Waals surface area contributed by atoms with E-state index in [2.05, 4.69) is 44.4 Å². The van der Waals surface area contributed by atoms with Crippen LogP contribution in [0.4, 0.5) is 11.6 Å². The van der Waals surface area contributed by atoms with Gasteiger partial charge in [-0.15, -0.1) is 11.3 Å². The third-order valence-corrected chi connectivity index (χ3v) is 4.02. The van der Waals surface area contributed by atoms with Gasteiger partial charge in [0.15, 0.2) is 0 Å². The van der Waals surface area contributed by atoms with Gasteiger partial charge in [-0.05, 0) is 27.2 Å². The summed E-state index contributed by atoms with van der Waals surface area (Å²) in [5, 5.41) is 6.57. The van der Waals surface area contributed by atoms with Gasteiger partial charge in [0.1, 0.15) is 17.5 Å². The number of anilines is 2. The Kier molecular flexibility index (Phi) is 5.12. The number of aryl methyl sites for hydroxylation is 2. The normalized spacial score (nSPS) is 10.7. The molecule has 0 spiro atoms. The number of hydrogen-bond donors (Lipinski definition) is 1. The van der Waals surface area contributed by atoms with Crippen molar-refractivity contribution in [1.29, 1.82) is 0 Å². The summed E-state index contributed by atoms with van der Waals surface area (Å²) in [6.45, 7) is 9.85. The van der Waals surface area contributed by atoms with Gasteiger partial charge >= 0.3 is 0 Å². The molecule has 0 amide bonds. The Balaban J connectivity index is 2.23. The van der Waals surface area contributed by atoms with Crippen LogP contribution in [-0.4, -0.2) is 28.5 Å². The first-order valence-corrected chi connectivity index (χ1v) is 8.10. The SMILES string of the molecule is CCCNc1nc(C)nc(N(C)Cc2csc(C)n2)c1C. The molecule has 1 N–H and O–H groups in total. The van der Waals surface area contributed by atoms with Gasteiger partial charge in [-0.25, -0.2) is 15.0 Å². The lowest BCUT2D eigenvalue weighted by atomic mass is 10.2. The fourth-order valence-electron chi connectivity index (χ4n) is 2.20. The Morgan fingerprint density at radius 2 is 1.95 bits per heavy atom. The van der Waals surface area contributed by atoms with E-state index in [-0.39, 0.29) is 0 Å². The highest BCUT2D eigenvalue weighted by molar-refractivity contribution is 7.09. The van der Waals surface area contributed by atoms with Gasteiger partial charge in [0.05, 0.1) is 17.2 Å². The van der Waals surface area contributed by atoms with E-state index >= 15 is 0 Å². The predicted octanol–water partition coefficient (Wildman–Crippen LogP) is 3.32. The smallest absolute Gasteiger partial charge is 0.137 e. The Hall–Kier alpha value is -1.69. The van der Waals surface area contributed by atoms with Crippen molar-refractivity contribution in [3.05, 3.63) is 27.5 Å². The maximum Gasteiger partial charge on any atom is 0.137 e. The summed E-state index contributed by atoms with van der Waals surface area (Å²) in [6, 6.07) is 0. The lowest BCUT2D eigenvalue weighted by Gasteiger charge is -2.21. The second-order valence-electron chi connectivity index (χ2n) is 5.21. The Morgan fingerprint density at radius 3 is 2.57 bits per heavy atom. The third-order valence-electron chi connectivity index (χ3n) is 3.20. The highest BCUT2D eigenvalue weighted by Gasteiger charge is 2.14. The summed E-state index contributed by atoms with van der Waals surface area (Å²) in [5.74, 6) is 2.68. The molecule has 0 aliphatic carbocycles. The molecule has 2 rings (SSSR count). The fraction of sp³-hybridized carbons (Fsp3) is 0.533. The zero-order chi connectivity index (χ0) is 15.4. The minimum Gasteiger partial charge on any atom is -0.370 e. The summed E-state index contributed by atoms with van der Waals surface area (Å²) in [7, 11) is 2.05. The first-order chi connectivity index (χ1) is 10.0. The molecule has 0 aromatic carbocycles. The average molecular weight is 305 g/mol. The van der Waals surface area contributed by atoms with Crippen LogP contribution in [0.3, 0.4) is 0 Å². The fourth-order valence-corrected chi connectivity index (χ4v) is 2.80. The van der Waals surface area contributed by atoms with Gasteiger partial charge in [-0.2, -0.15) is 0 Å². The highest BCUT2D eigenvalue weighted by atomic mass is 32.1. The van der Waals surface area contributed by atoms with Gasteiger partial charge in [0, 0.05) is 24.5 Å². The predicted molar refractivity (Wildman–Crippen MR) is 89.2 cm³/mol. The van der Waals surface area contributed by atoms with E-state index in [4.69, 9.17) is 0 Å². The molecule has 2 aromatic heterocycles. The maximum atomic E-state index is 4.59. The van der Waals surface area contributed by atoms with E-state index < -0.39 is 0 Å². The van der Waals surface area contributed by atoms with Crippen LogP contribution in [0.1, 0.15) is 35.4 Å². The van der Waals surface area contributed by atoms with Crippen LogP contribution in [0.2, 0.25) is 0 Å². The monoisotopic (exact) mass is 305 g/mol. The Bertz CT molecular complexity index is 608. The van der Waals surface area contributed by atoms with Crippen LogP contribution < -0.4 is 10.2 Å². The van der Waals surface area contributed by atoms with Crippen molar-refractivity contribution < 1.29 is 0 Å². The summed E-state index contributed by atoms with van der Waals surface area (Å²) in [5.41, 5.74) is 2.17. The minimum atomic E-state index is 0.759. The summed E-state index contributed by atoms with van der Waals surface area (Å²) in [6.07, 6.45) is 1.08. The molecule has 0 saturated carbocycles. The average Bonchev–Trinajstić information content (AvgIpc) is 2.84. The van der Waals surface area contributed by atoms with Crippen molar-refractivity contribution in [3.8, 4) is 0 Å². The molecule has 2 aromatic rings. The van der Waals surface area contributed by atoms with Gasteiger partial charge in [0.25, 0.3) is 0 Å². The van der Waals surface area contributed by atoms with Crippen molar-refractivity contribution in [2.45, 2.75) is 40.7 Å². The molecule has 0 saturated heterocycles. The standard InChI is InChI=1S/C15H23N5S/c1-6-7-16-14-10(2)15(18-11(3)17-14)20(5)8-13-9-21-12(4)19-13/h9H,6-8H2,1-5H3,(H,16,17,18). The van der Waals surface area contributed by atoms with Crippen LogP contribution >= 0.6 is 11.3 Å². The van der Waals surface area contributed by atoms with Gasteiger partial charge < -0.3 is 10.2 Å². The molecular formula is C15H23N5S. The summed E-state index contributed by atoms with van der Waals surface area (Å²) in [4.78, 5) is 15.7. The number of rotatable bonds is 6. The molecule has 0 radical (unpaired) electrons. The molecule has 5 nitrogen and oxygen atoms in total. The molecule has 21 heavy (non-hydrogen) atoms. The van der Waals surface area contributed by atoms with Crippen LogP contribution in [0, 0.1) is 20.8 Å². The van der Waals surface area contributed by atoms with Crippen LogP contribution in [0.25, 0.3) is 0 Å². The molecule has 0 bridgehead atoms. The molecule has 2 heterocycles. The summed E-state index contributed by atoms with van der Waals surface area (Å²) < 4.78 is 0. The van der Waals surface area contributed by atoms with Crippen molar-refractivity contribution in [2.75, 3.05) is 23.8 Å². The van der Waals surface area contributed by atoms with Gasteiger partial charge in [-0.1, -0.05) is 6.92 Å². The molecular weight excluding hydrogens is 282 g/mol. The summed E-state index contributed by atoms with van der Waals surface area (Å²) >= 11 is 1.68. The molecule has 114 valence electrons. The van der Waals surface area contributed by atoms with Gasteiger partial charge in [-0.3, -0.25) is 0 Å². The second-order valence-corrected chi connectivity index (χ2v) is 6.27. The van der Waals surface area contributed by atoms with Crippen molar-refractivity contribution in [3.63, 3.8) is 0 Å². The number of aromatic nitrogens is 3. The molecule has 0 atom stereocenters. The van der Waals surface area contributed by atoms with Crippen LogP contribution in [-0.2, 0) is 6.54 Å². The Morgan fingerprint density at radius 1 is 1.19 bits per heavy atom. The molecule has 6 heteroatoms. The van der Waals surface area contributed by atoms with Crippen molar-refractivity contribution in [2.24, 2.45) is 0 Å². The number of hydrogen-bond acceptors (Lipinski definition) is 6. The van der Waals surface area contributed by atoms with Crippen LogP contribution in [0.5, 0.6) is 0 Å². The first-order valence-electron chi connectivity index (χ1n) is 7.22. The van der Waals surface area contributed by atoms with E-state index in [0.29, 0.717) is 0 Å². The minimum absolute atomic E-state index is 0.759. The first kappa shape index (κ1) is 15.7. The zero-order valence-electron chi connectivity index (χ0n) is 13.4. The maximum absolute atomic E-state index is 4.59. The lowest BCUT2D eigenvalue weighted by Crippen LogP contribution is -2.21. The quantitative estimate of drug-likeness (QED) is 0.887. The topological polar surface area (TPSA) is 53.9 Å². The van der Waals surface area contributed by atoms with Crippen molar-refractivity contribution in [1.82, 2.24) is 15.0 Å². The van der Waals surface area contributed by atoms with E-state index in [9.17, 15) is 0 Å². The molecule has 0 fully saturated rings. The second kappa shape index (κ2) is 6.85. The van der Waals surface area contributed by atoms with Crippen molar-refractivity contribution >= 4 is 23.0 Å². The van der Waals surface area contributed by atoms with E-state index in [1.54, 1.807) is 11.3 Å². The van der Waals surface area contributed by atoms with E-state index in [1.807, 2.05) is 20.9 Å². The molecule has 0 aliphatic rings. The van der Waals surface area contributed by atoms with Gasteiger partial charge in [0.2, 0.25) is 0 Å². The highest BCUT2D eigenvalue weighted by Crippen LogP contribution is 2.24. The third kappa shape index (κ3) is 3.91. The van der Waals surface area contributed by atoms with Crippen LogP contribution in [0.15, 0.2) is 5.38 Å². The molecule has 0 aliphatic heterocycles. The number of nitrogens with one attached hydrogen (secondary N) is 1. The number of thiazole rings is 1. The lowest BCUT2D eigenvalue weighted by molar-refractivity contribution is 0.847. The molecule has 0 unspecified atom stereocenters. The zero-order valence-corrected chi connectivity index (χ0v) is 14.2. The largest absolute Gasteiger partial charge is 0.370 e. The number of nitrogens with zero attached hydrogens (tertiary/aromatic N) is 4. The van der Waals surface area contributed by atoms with E-state index in [0.717, 1.165) is 53.2 Å². The van der Waals surface area contributed by atoms with E-state index in [1.165, 1.54) is 0 Å². The Labute approximate surface area is 130 Å².